The lowest BCUT2D eigenvalue weighted by molar-refractivity contribution is -0.383. The van der Waals surface area contributed by atoms with Crippen molar-refractivity contribution in [2.24, 2.45) is 0 Å². The number of aromatic nitrogens is 1. The second-order valence-corrected chi connectivity index (χ2v) is 6.46. The SMILES string of the molecule is Cc1noc(C)c1-c1ccc(NC2CCC(F)(F)CC2)c([N+](=O)[O-])c1. The molecule has 1 heterocycles. The predicted octanol–water partition coefficient (Wildman–Crippen LogP) is 4.86. The number of halogens is 2. The zero-order valence-electron chi connectivity index (χ0n) is 14.0. The third-order valence-corrected chi connectivity index (χ3v) is 4.59. The van der Waals surface area contributed by atoms with Crippen molar-refractivity contribution in [2.45, 2.75) is 51.5 Å². The van der Waals surface area contributed by atoms with E-state index in [0.29, 0.717) is 22.7 Å². The summed E-state index contributed by atoms with van der Waals surface area (Å²) in [6.07, 6.45) is 0.177. The van der Waals surface area contributed by atoms with Gasteiger partial charge in [0.2, 0.25) is 5.92 Å². The van der Waals surface area contributed by atoms with Crippen LogP contribution in [0.5, 0.6) is 0 Å². The quantitative estimate of drug-likeness (QED) is 0.628. The van der Waals surface area contributed by atoms with Crippen molar-refractivity contribution in [1.29, 1.82) is 0 Å². The number of nitrogens with zero attached hydrogens (tertiary/aromatic N) is 2. The Morgan fingerprint density at radius 3 is 2.56 bits per heavy atom. The van der Waals surface area contributed by atoms with Crippen molar-refractivity contribution in [3.63, 3.8) is 0 Å². The Bertz CT molecular complexity index is 775. The summed E-state index contributed by atoms with van der Waals surface area (Å²) in [7, 11) is 0. The number of hydrogen-bond donors (Lipinski definition) is 1. The minimum Gasteiger partial charge on any atom is -0.377 e. The van der Waals surface area contributed by atoms with Gasteiger partial charge in [0, 0.05) is 30.5 Å². The van der Waals surface area contributed by atoms with Gasteiger partial charge < -0.3 is 9.84 Å². The number of nitrogens with one attached hydrogen (secondary N) is 1. The molecule has 3 rings (SSSR count). The maximum atomic E-state index is 13.3. The van der Waals surface area contributed by atoms with Crippen LogP contribution in [0, 0.1) is 24.0 Å². The largest absolute Gasteiger partial charge is 0.377 e. The van der Waals surface area contributed by atoms with Crippen molar-refractivity contribution in [2.75, 3.05) is 5.32 Å². The van der Waals surface area contributed by atoms with Crippen LogP contribution in [0.2, 0.25) is 0 Å². The lowest BCUT2D eigenvalue weighted by atomic mass is 9.92. The van der Waals surface area contributed by atoms with E-state index in [0.717, 1.165) is 5.56 Å². The van der Waals surface area contributed by atoms with Crippen LogP contribution in [-0.4, -0.2) is 22.0 Å². The van der Waals surface area contributed by atoms with Gasteiger partial charge in [-0.1, -0.05) is 11.2 Å². The standard InChI is InChI=1S/C17H19F2N3O3/c1-10-16(11(2)25-21-10)12-3-4-14(15(9-12)22(23)24)20-13-5-7-17(18,19)8-6-13/h3-4,9,13,20H,5-8H2,1-2H3. The molecule has 1 fully saturated rings. The highest BCUT2D eigenvalue weighted by molar-refractivity contribution is 5.75. The van der Waals surface area contributed by atoms with E-state index in [4.69, 9.17) is 4.52 Å². The fourth-order valence-corrected chi connectivity index (χ4v) is 3.26. The first-order chi connectivity index (χ1) is 11.8. The van der Waals surface area contributed by atoms with Crippen molar-refractivity contribution in [3.05, 3.63) is 39.8 Å². The van der Waals surface area contributed by atoms with E-state index < -0.39 is 10.8 Å². The maximum absolute atomic E-state index is 13.3. The van der Waals surface area contributed by atoms with Crippen molar-refractivity contribution in [1.82, 2.24) is 5.16 Å². The van der Waals surface area contributed by atoms with Gasteiger partial charge in [0.1, 0.15) is 11.4 Å². The van der Waals surface area contributed by atoms with Gasteiger partial charge in [0.05, 0.1) is 10.6 Å². The highest BCUT2D eigenvalue weighted by Crippen LogP contribution is 2.37. The van der Waals surface area contributed by atoms with E-state index in [9.17, 15) is 18.9 Å². The Kier molecular flexibility index (Phi) is 4.45. The number of rotatable bonds is 4. The first-order valence-electron chi connectivity index (χ1n) is 8.13. The normalized spacial score (nSPS) is 17.4. The number of aryl methyl sites for hydroxylation is 2. The average Bonchev–Trinajstić information content (AvgIpc) is 2.88. The van der Waals surface area contributed by atoms with Gasteiger partial charge in [-0.05, 0) is 38.3 Å². The van der Waals surface area contributed by atoms with E-state index in [2.05, 4.69) is 10.5 Å². The molecule has 1 aromatic carbocycles. The third kappa shape index (κ3) is 3.62. The van der Waals surface area contributed by atoms with Crippen LogP contribution in [0.4, 0.5) is 20.2 Å². The van der Waals surface area contributed by atoms with Crippen molar-refractivity contribution in [3.8, 4) is 11.1 Å². The van der Waals surface area contributed by atoms with Crippen molar-refractivity contribution >= 4 is 11.4 Å². The summed E-state index contributed by atoms with van der Waals surface area (Å²) in [5, 5.41) is 18.4. The number of hydrogen-bond acceptors (Lipinski definition) is 5. The number of nitro benzene ring substituents is 1. The van der Waals surface area contributed by atoms with Crippen LogP contribution in [0.15, 0.2) is 22.7 Å². The Labute approximate surface area is 143 Å². The smallest absolute Gasteiger partial charge is 0.292 e. The Morgan fingerprint density at radius 2 is 2.00 bits per heavy atom. The molecule has 0 unspecified atom stereocenters. The zero-order valence-corrected chi connectivity index (χ0v) is 14.0. The molecule has 8 heteroatoms. The van der Waals surface area contributed by atoms with Crippen LogP contribution in [0.3, 0.4) is 0 Å². The van der Waals surface area contributed by atoms with Crippen LogP contribution >= 0.6 is 0 Å². The predicted molar refractivity (Wildman–Crippen MR) is 88.9 cm³/mol. The second kappa shape index (κ2) is 6.42. The van der Waals surface area contributed by atoms with Crippen molar-refractivity contribution < 1.29 is 18.2 Å². The van der Waals surface area contributed by atoms with Gasteiger partial charge in [0.25, 0.3) is 5.69 Å². The van der Waals surface area contributed by atoms with Gasteiger partial charge >= 0.3 is 0 Å². The van der Waals surface area contributed by atoms with Crippen LogP contribution in [-0.2, 0) is 0 Å². The molecule has 6 nitrogen and oxygen atoms in total. The van der Waals surface area contributed by atoms with Gasteiger partial charge in [0.15, 0.2) is 0 Å². The van der Waals surface area contributed by atoms with Crippen LogP contribution in [0.25, 0.3) is 11.1 Å². The molecule has 1 aliphatic carbocycles. The molecular weight excluding hydrogens is 332 g/mol. The number of alkyl halides is 2. The fraction of sp³-hybridized carbons (Fsp3) is 0.471. The molecule has 0 aliphatic heterocycles. The molecule has 0 atom stereocenters. The third-order valence-electron chi connectivity index (χ3n) is 4.59. The topological polar surface area (TPSA) is 81.2 Å². The molecule has 0 bridgehead atoms. The van der Waals surface area contributed by atoms with Crippen LogP contribution < -0.4 is 5.32 Å². The molecule has 0 saturated heterocycles. The highest BCUT2D eigenvalue weighted by Gasteiger charge is 2.35. The van der Waals surface area contributed by atoms with Crippen LogP contribution in [0.1, 0.15) is 37.1 Å². The lowest BCUT2D eigenvalue weighted by Crippen LogP contribution is -2.32. The first-order valence-corrected chi connectivity index (χ1v) is 8.13. The van der Waals surface area contributed by atoms with Gasteiger partial charge in [-0.2, -0.15) is 0 Å². The van der Waals surface area contributed by atoms with Gasteiger partial charge in [-0.15, -0.1) is 0 Å². The number of anilines is 1. The first kappa shape index (κ1) is 17.3. The van der Waals surface area contributed by atoms with E-state index in [1.165, 1.54) is 6.07 Å². The fourth-order valence-electron chi connectivity index (χ4n) is 3.26. The summed E-state index contributed by atoms with van der Waals surface area (Å²) in [6.45, 7) is 3.52. The molecule has 25 heavy (non-hydrogen) atoms. The molecule has 0 radical (unpaired) electrons. The Hall–Kier alpha value is -2.51. The molecule has 2 aromatic rings. The van der Waals surface area contributed by atoms with Gasteiger partial charge in [-0.3, -0.25) is 10.1 Å². The summed E-state index contributed by atoms with van der Waals surface area (Å²) in [6, 6.07) is 4.64. The number of benzene rings is 1. The Balaban J connectivity index is 1.87. The Morgan fingerprint density at radius 1 is 1.32 bits per heavy atom. The molecular formula is C17H19F2N3O3. The lowest BCUT2D eigenvalue weighted by Gasteiger charge is -2.29. The summed E-state index contributed by atoms with van der Waals surface area (Å²) in [5.41, 5.74) is 2.28. The van der Waals surface area contributed by atoms with E-state index in [-0.39, 0.29) is 37.4 Å². The molecule has 0 spiro atoms. The zero-order chi connectivity index (χ0) is 18.2. The summed E-state index contributed by atoms with van der Waals surface area (Å²) < 4.78 is 31.6. The molecule has 1 saturated carbocycles. The van der Waals surface area contributed by atoms with Gasteiger partial charge in [-0.25, -0.2) is 8.78 Å². The molecule has 1 aromatic heterocycles. The summed E-state index contributed by atoms with van der Waals surface area (Å²) >= 11 is 0. The minimum absolute atomic E-state index is 0.0881. The minimum atomic E-state index is -2.63. The maximum Gasteiger partial charge on any atom is 0.292 e. The molecule has 134 valence electrons. The second-order valence-electron chi connectivity index (χ2n) is 6.46. The molecule has 1 N–H and O–H groups in total. The average molecular weight is 351 g/mol. The van der Waals surface area contributed by atoms with E-state index in [1.54, 1.807) is 26.0 Å². The van der Waals surface area contributed by atoms with E-state index >= 15 is 0 Å². The number of nitro groups is 1. The monoisotopic (exact) mass is 351 g/mol. The summed E-state index contributed by atoms with van der Waals surface area (Å²) in [5.74, 6) is -2.04. The molecule has 1 aliphatic rings. The molecule has 0 amide bonds. The summed E-state index contributed by atoms with van der Waals surface area (Å²) in [4.78, 5) is 11.0. The highest BCUT2D eigenvalue weighted by atomic mass is 19.3. The van der Waals surface area contributed by atoms with E-state index in [1.807, 2.05) is 0 Å².